The van der Waals surface area contributed by atoms with E-state index >= 15 is 0 Å². The molecule has 4 heterocycles. The van der Waals surface area contributed by atoms with Crippen LogP contribution in [0.3, 0.4) is 0 Å². The smallest absolute Gasteiger partial charge is 0.343 e. The van der Waals surface area contributed by atoms with Gasteiger partial charge in [0, 0.05) is 42.0 Å². The summed E-state index contributed by atoms with van der Waals surface area (Å²) in [5.41, 5.74) is 8.38. The van der Waals surface area contributed by atoms with Crippen LogP contribution in [0.5, 0.6) is 0 Å². The Labute approximate surface area is 196 Å². The molecule has 2 N–H and O–H groups in total. The second-order valence-corrected chi connectivity index (χ2v) is 9.62. The lowest BCUT2D eigenvalue weighted by atomic mass is 9.86. The van der Waals surface area contributed by atoms with Gasteiger partial charge >= 0.3 is 6.18 Å². The van der Waals surface area contributed by atoms with Crippen LogP contribution in [0.25, 0.3) is 22.2 Å². The number of amides is 1. The lowest BCUT2D eigenvalue weighted by Gasteiger charge is -2.34. The Morgan fingerprint density at radius 3 is 2.71 bits per heavy atom. The number of aromatic nitrogens is 2. The normalized spacial score (nSPS) is 19.5. The molecule has 0 saturated carbocycles. The quantitative estimate of drug-likeness (QED) is 0.542. The number of nitrogens with one attached hydrogen (secondary N) is 2. The summed E-state index contributed by atoms with van der Waals surface area (Å²) in [6, 6.07) is 6.55. The van der Waals surface area contributed by atoms with Crippen molar-refractivity contribution in [2.75, 3.05) is 13.1 Å². The molecule has 0 bridgehead atoms. The van der Waals surface area contributed by atoms with Crippen molar-refractivity contribution in [1.82, 2.24) is 20.2 Å². The van der Waals surface area contributed by atoms with Crippen LogP contribution in [0, 0.1) is 19.8 Å². The molecular weight excluding hydrogens is 441 g/mol. The van der Waals surface area contributed by atoms with Crippen LogP contribution < -0.4 is 5.32 Å². The van der Waals surface area contributed by atoms with E-state index in [0.29, 0.717) is 13.0 Å². The van der Waals surface area contributed by atoms with Crippen LogP contribution in [-0.4, -0.2) is 40.0 Å². The number of H-pyrrole nitrogens is 1. The Morgan fingerprint density at radius 2 is 2.00 bits per heavy atom. The van der Waals surface area contributed by atoms with Gasteiger partial charge < -0.3 is 15.2 Å². The third-order valence-electron chi connectivity index (χ3n) is 7.48. The van der Waals surface area contributed by atoms with Crippen LogP contribution in [0.4, 0.5) is 13.2 Å². The first-order valence-electron chi connectivity index (χ1n) is 11.8. The second-order valence-electron chi connectivity index (χ2n) is 9.62. The zero-order chi connectivity index (χ0) is 24.2. The molecule has 1 saturated heterocycles. The molecule has 1 aromatic carbocycles. The molecule has 8 heteroatoms. The summed E-state index contributed by atoms with van der Waals surface area (Å²) in [5.74, 6) is -2.84. The maximum Gasteiger partial charge on any atom is 0.400 e. The van der Waals surface area contributed by atoms with Gasteiger partial charge in [-0.25, -0.2) is 4.98 Å². The van der Waals surface area contributed by atoms with Crippen LogP contribution in [-0.2, 0) is 17.8 Å². The van der Waals surface area contributed by atoms with Gasteiger partial charge in [0.15, 0.2) is 0 Å². The molecule has 1 fully saturated rings. The highest BCUT2D eigenvalue weighted by atomic mass is 19.4. The summed E-state index contributed by atoms with van der Waals surface area (Å²) in [6.45, 7) is 6.48. The van der Waals surface area contributed by atoms with Crippen LogP contribution in [0.2, 0.25) is 0 Å². The van der Waals surface area contributed by atoms with E-state index in [1.807, 2.05) is 13.1 Å². The fourth-order valence-corrected chi connectivity index (χ4v) is 5.21. The molecule has 0 radical (unpaired) electrons. The molecule has 180 valence electrons. The van der Waals surface area contributed by atoms with Crippen LogP contribution >= 0.6 is 0 Å². The lowest BCUT2D eigenvalue weighted by Crippen LogP contribution is -2.43. The molecule has 0 unspecified atom stereocenters. The van der Waals surface area contributed by atoms with Gasteiger partial charge in [0.1, 0.15) is 11.6 Å². The van der Waals surface area contributed by atoms with Crippen molar-refractivity contribution in [2.24, 2.45) is 5.92 Å². The first-order valence-corrected chi connectivity index (χ1v) is 11.8. The molecule has 2 aliphatic rings. The van der Waals surface area contributed by atoms with Crippen molar-refractivity contribution in [2.45, 2.75) is 58.8 Å². The highest BCUT2D eigenvalue weighted by molar-refractivity contribution is 5.86. The molecule has 5 rings (SSSR count). The number of rotatable bonds is 3. The SMILES string of the molecule is Cc1[nH]c2ncc(-c3cc4c(c([C@@H]5CCCN5)c3)CN(C(=O)[C@@H](C)C(F)(F)F)CC4)cc2c1C. The zero-order valence-corrected chi connectivity index (χ0v) is 19.6. The molecule has 0 spiro atoms. The van der Waals surface area contributed by atoms with E-state index in [9.17, 15) is 18.0 Å². The number of hydrogen-bond donors (Lipinski definition) is 2. The fraction of sp³-hybridized carbons (Fsp3) is 0.462. The highest BCUT2D eigenvalue weighted by Gasteiger charge is 2.43. The van der Waals surface area contributed by atoms with E-state index in [1.165, 1.54) is 10.5 Å². The number of fused-ring (bicyclic) bond motifs is 2. The lowest BCUT2D eigenvalue weighted by molar-refractivity contribution is -0.186. The number of alkyl halides is 3. The van der Waals surface area contributed by atoms with E-state index < -0.39 is 18.0 Å². The topological polar surface area (TPSA) is 61.0 Å². The maximum absolute atomic E-state index is 13.2. The van der Waals surface area contributed by atoms with Gasteiger partial charge in [-0.15, -0.1) is 0 Å². The molecule has 1 amide bonds. The molecule has 34 heavy (non-hydrogen) atoms. The summed E-state index contributed by atoms with van der Waals surface area (Å²) in [5, 5.41) is 4.62. The van der Waals surface area contributed by atoms with Gasteiger partial charge in [-0.05, 0) is 86.5 Å². The predicted molar refractivity (Wildman–Crippen MR) is 125 cm³/mol. The number of nitrogens with zero attached hydrogens (tertiary/aromatic N) is 2. The number of carbonyl (C=O) groups is 1. The van der Waals surface area contributed by atoms with Crippen molar-refractivity contribution in [1.29, 1.82) is 0 Å². The monoisotopic (exact) mass is 470 g/mol. The van der Waals surface area contributed by atoms with E-state index in [2.05, 4.69) is 40.4 Å². The van der Waals surface area contributed by atoms with Crippen molar-refractivity contribution < 1.29 is 18.0 Å². The summed E-state index contributed by atoms with van der Waals surface area (Å²) in [6.07, 6.45) is -0.105. The van der Waals surface area contributed by atoms with Crippen molar-refractivity contribution >= 4 is 16.9 Å². The van der Waals surface area contributed by atoms with Crippen LogP contribution in [0.15, 0.2) is 24.4 Å². The Bertz CT molecular complexity index is 1260. The highest BCUT2D eigenvalue weighted by Crippen LogP contribution is 2.37. The molecule has 2 aromatic heterocycles. The predicted octanol–water partition coefficient (Wildman–Crippen LogP) is 5.35. The van der Waals surface area contributed by atoms with E-state index in [-0.39, 0.29) is 12.6 Å². The van der Waals surface area contributed by atoms with Crippen molar-refractivity contribution in [3.05, 3.63) is 52.3 Å². The molecule has 0 aliphatic carbocycles. The summed E-state index contributed by atoms with van der Waals surface area (Å²) in [4.78, 5) is 21.9. The Morgan fingerprint density at radius 1 is 1.21 bits per heavy atom. The largest absolute Gasteiger partial charge is 0.400 e. The third kappa shape index (κ3) is 3.98. The second kappa shape index (κ2) is 8.41. The average Bonchev–Trinajstić information content (AvgIpc) is 3.45. The van der Waals surface area contributed by atoms with Gasteiger partial charge in [-0.3, -0.25) is 4.79 Å². The first kappa shape index (κ1) is 22.9. The minimum Gasteiger partial charge on any atom is -0.343 e. The Hall–Kier alpha value is -2.87. The number of aryl methyl sites for hydroxylation is 2. The Balaban J connectivity index is 1.55. The minimum atomic E-state index is -4.53. The first-order chi connectivity index (χ1) is 16.1. The van der Waals surface area contributed by atoms with E-state index in [4.69, 9.17) is 0 Å². The van der Waals surface area contributed by atoms with E-state index in [1.54, 1.807) is 0 Å². The number of pyridine rings is 1. The minimum absolute atomic E-state index is 0.136. The van der Waals surface area contributed by atoms with Gasteiger partial charge in [0.05, 0.1) is 0 Å². The summed E-state index contributed by atoms with van der Waals surface area (Å²) < 4.78 is 39.6. The van der Waals surface area contributed by atoms with Gasteiger partial charge in [-0.2, -0.15) is 13.2 Å². The van der Waals surface area contributed by atoms with Crippen LogP contribution in [0.1, 0.15) is 53.8 Å². The number of benzene rings is 1. The Kier molecular flexibility index (Phi) is 5.67. The van der Waals surface area contributed by atoms with Gasteiger partial charge in [-0.1, -0.05) is 6.07 Å². The average molecular weight is 471 g/mol. The number of carbonyl (C=O) groups excluding carboxylic acids is 1. The number of aromatic amines is 1. The number of halogens is 3. The summed E-state index contributed by atoms with van der Waals surface area (Å²) >= 11 is 0. The summed E-state index contributed by atoms with van der Waals surface area (Å²) in [7, 11) is 0. The van der Waals surface area contributed by atoms with Crippen molar-refractivity contribution in [3.8, 4) is 11.1 Å². The zero-order valence-electron chi connectivity index (χ0n) is 19.6. The standard InChI is InChI=1S/C26H29F3N4O/c1-14-16(3)32-24-20(14)11-19(12-31-24)18-9-17-6-8-33(25(34)15(2)26(27,28)29)13-22(17)21(10-18)23-5-4-7-30-23/h9-12,15,23,30H,4-8,13H2,1-3H3,(H,31,32)/t15-,23+/m1/s1. The van der Waals surface area contributed by atoms with Gasteiger partial charge in [0.2, 0.25) is 5.91 Å². The molecule has 3 aromatic rings. The molecule has 2 atom stereocenters. The van der Waals surface area contributed by atoms with Crippen molar-refractivity contribution in [3.63, 3.8) is 0 Å². The molecular formula is C26H29F3N4O. The fourth-order valence-electron chi connectivity index (χ4n) is 5.21. The van der Waals surface area contributed by atoms with E-state index in [0.717, 1.165) is 70.9 Å². The maximum atomic E-state index is 13.2. The third-order valence-corrected chi connectivity index (χ3v) is 7.48. The molecule has 2 aliphatic heterocycles. The van der Waals surface area contributed by atoms with Gasteiger partial charge in [0.25, 0.3) is 0 Å². The number of hydrogen-bond acceptors (Lipinski definition) is 3. The molecule has 5 nitrogen and oxygen atoms in total.